The Morgan fingerprint density at radius 3 is 2.30 bits per heavy atom. The molecule has 0 saturated carbocycles. The largest absolute Gasteiger partial charge is 0.495 e. The predicted octanol–water partition coefficient (Wildman–Crippen LogP) is 1.51. The van der Waals surface area contributed by atoms with Gasteiger partial charge in [-0.25, -0.2) is 17.5 Å². The third-order valence-corrected chi connectivity index (χ3v) is 4.34. The van der Waals surface area contributed by atoms with Gasteiger partial charge in [0.1, 0.15) is 10.6 Å². The zero-order valence-electron chi connectivity index (χ0n) is 12.2. The highest BCUT2D eigenvalue weighted by Gasteiger charge is 2.24. The molecule has 0 aliphatic heterocycles. The molecule has 0 N–H and O–H groups in total. The van der Waals surface area contributed by atoms with Gasteiger partial charge in [0.05, 0.1) is 18.8 Å². The number of methoxy groups -OCH3 is 1. The van der Waals surface area contributed by atoms with Crippen molar-refractivity contribution >= 4 is 16.0 Å². The summed E-state index contributed by atoms with van der Waals surface area (Å²) in [5.74, 6) is -0.391. The Morgan fingerprint density at radius 2 is 1.85 bits per heavy atom. The third-order valence-electron chi connectivity index (χ3n) is 2.50. The SMILES string of the molecule is COc1ccc(C(=O)OC(C)C)cc1S(=O)(=O)N(C)C. The Labute approximate surface area is 119 Å². The molecule has 0 radical (unpaired) electrons. The molecule has 1 aromatic rings. The predicted molar refractivity (Wildman–Crippen MR) is 74.4 cm³/mol. The summed E-state index contributed by atoms with van der Waals surface area (Å²) in [5.41, 5.74) is 0.167. The maximum Gasteiger partial charge on any atom is 0.338 e. The lowest BCUT2D eigenvalue weighted by Crippen LogP contribution is -2.23. The van der Waals surface area contributed by atoms with Crippen LogP contribution in [0.3, 0.4) is 0 Å². The van der Waals surface area contributed by atoms with Crippen molar-refractivity contribution in [2.24, 2.45) is 0 Å². The van der Waals surface area contributed by atoms with Crippen molar-refractivity contribution in [2.75, 3.05) is 21.2 Å². The molecule has 0 fully saturated rings. The van der Waals surface area contributed by atoms with Crippen LogP contribution in [-0.2, 0) is 14.8 Å². The number of carbonyl (C=O) groups excluding carboxylic acids is 1. The van der Waals surface area contributed by atoms with Crippen LogP contribution >= 0.6 is 0 Å². The molecule has 0 atom stereocenters. The number of nitrogens with zero attached hydrogens (tertiary/aromatic N) is 1. The fraction of sp³-hybridized carbons (Fsp3) is 0.462. The normalized spacial score (nSPS) is 11.8. The number of carbonyl (C=O) groups is 1. The molecule has 0 spiro atoms. The average molecular weight is 301 g/mol. The van der Waals surface area contributed by atoms with Gasteiger partial charge in [0.15, 0.2) is 0 Å². The van der Waals surface area contributed by atoms with Crippen LogP contribution in [0.2, 0.25) is 0 Å². The lowest BCUT2D eigenvalue weighted by molar-refractivity contribution is 0.0377. The van der Waals surface area contributed by atoms with Gasteiger partial charge < -0.3 is 9.47 Å². The lowest BCUT2D eigenvalue weighted by atomic mass is 10.2. The van der Waals surface area contributed by atoms with Crippen LogP contribution in [-0.4, -0.2) is 46.0 Å². The van der Waals surface area contributed by atoms with Crippen LogP contribution in [0.4, 0.5) is 0 Å². The molecule has 6 nitrogen and oxygen atoms in total. The Balaban J connectivity index is 3.33. The number of sulfonamides is 1. The van der Waals surface area contributed by atoms with E-state index in [4.69, 9.17) is 9.47 Å². The van der Waals surface area contributed by atoms with Crippen molar-refractivity contribution in [2.45, 2.75) is 24.8 Å². The molecule has 0 unspecified atom stereocenters. The average Bonchev–Trinajstić information content (AvgIpc) is 2.36. The van der Waals surface area contributed by atoms with E-state index < -0.39 is 16.0 Å². The van der Waals surface area contributed by atoms with E-state index in [9.17, 15) is 13.2 Å². The standard InChI is InChI=1S/C13H19NO5S/c1-9(2)19-13(15)10-6-7-11(18-5)12(8-10)20(16,17)14(3)4/h6-9H,1-5H3. The van der Waals surface area contributed by atoms with Crippen molar-refractivity contribution in [1.29, 1.82) is 0 Å². The Hall–Kier alpha value is -1.60. The lowest BCUT2D eigenvalue weighted by Gasteiger charge is -2.15. The number of esters is 1. The molecule has 0 amide bonds. The van der Waals surface area contributed by atoms with Crippen molar-refractivity contribution in [3.63, 3.8) is 0 Å². The van der Waals surface area contributed by atoms with E-state index in [0.29, 0.717) is 0 Å². The van der Waals surface area contributed by atoms with Crippen LogP contribution < -0.4 is 4.74 Å². The first-order valence-electron chi connectivity index (χ1n) is 6.01. The van der Waals surface area contributed by atoms with Gasteiger partial charge >= 0.3 is 5.97 Å². The minimum atomic E-state index is -3.70. The van der Waals surface area contributed by atoms with Crippen LogP contribution in [0.15, 0.2) is 23.1 Å². The summed E-state index contributed by atoms with van der Waals surface area (Å²) in [4.78, 5) is 11.8. The molecule has 0 bridgehead atoms. The highest BCUT2D eigenvalue weighted by atomic mass is 32.2. The second kappa shape index (κ2) is 6.23. The summed E-state index contributed by atoms with van der Waals surface area (Å²) < 4.78 is 35.6. The monoisotopic (exact) mass is 301 g/mol. The van der Waals surface area contributed by atoms with E-state index in [1.165, 1.54) is 39.4 Å². The van der Waals surface area contributed by atoms with Crippen molar-refractivity contribution in [3.8, 4) is 5.75 Å². The van der Waals surface area contributed by atoms with E-state index in [1.807, 2.05) is 0 Å². The van der Waals surface area contributed by atoms with E-state index in [0.717, 1.165) is 4.31 Å². The van der Waals surface area contributed by atoms with Gasteiger partial charge in [0, 0.05) is 14.1 Å². The minimum absolute atomic E-state index is 0.0665. The second-order valence-electron chi connectivity index (χ2n) is 4.61. The van der Waals surface area contributed by atoms with E-state index in [1.54, 1.807) is 13.8 Å². The summed E-state index contributed by atoms with van der Waals surface area (Å²) in [6.45, 7) is 3.44. The second-order valence-corrected chi connectivity index (χ2v) is 6.73. The van der Waals surface area contributed by atoms with Gasteiger partial charge in [-0.15, -0.1) is 0 Å². The molecule has 20 heavy (non-hydrogen) atoms. The molecule has 1 aromatic carbocycles. The molecular weight excluding hydrogens is 282 g/mol. The first-order chi connectivity index (χ1) is 9.20. The number of ether oxygens (including phenoxy) is 2. The number of rotatable bonds is 5. The molecule has 0 saturated heterocycles. The highest BCUT2D eigenvalue weighted by molar-refractivity contribution is 7.89. The third kappa shape index (κ3) is 3.49. The summed E-state index contributed by atoms with van der Waals surface area (Å²) in [6.07, 6.45) is -0.279. The maximum absolute atomic E-state index is 12.2. The van der Waals surface area contributed by atoms with Crippen LogP contribution in [0.5, 0.6) is 5.75 Å². The minimum Gasteiger partial charge on any atom is -0.495 e. The van der Waals surface area contributed by atoms with Crippen LogP contribution in [0, 0.1) is 0 Å². The number of benzene rings is 1. The molecular formula is C13H19NO5S. The molecule has 0 aliphatic carbocycles. The zero-order valence-corrected chi connectivity index (χ0v) is 13.0. The van der Waals surface area contributed by atoms with Gasteiger partial charge in [0.25, 0.3) is 0 Å². The van der Waals surface area contributed by atoms with E-state index >= 15 is 0 Å². The van der Waals surface area contributed by atoms with Gasteiger partial charge in [-0.2, -0.15) is 0 Å². The summed E-state index contributed by atoms with van der Waals surface area (Å²) in [7, 11) is 0.489. The molecule has 0 aliphatic rings. The topological polar surface area (TPSA) is 72.9 Å². The molecule has 0 aromatic heterocycles. The quantitative estimate of drug-likeness (QED) is 0.771. The zero-order chi connectivity index (χ0) is 15.5. The van der Waals surface area contributed by atoms with Gasteiger partial charge in [-0.1, -0.05) is 0 Å². The van der Waals surface area contributed by atoms with E-state index in [2.05, 4.69) is 0 Å². The molecule has 7 heteroatoms. The summed E-state index contributed by atoms with van der Waals surface area (Å²) in [6, 6.07) is 4.17. The van der Waals surface area contributed by atoms with Crippen molar-refractivity contribution in [1.82, 2.24) is 4.31 Å². The fourth-order valence-electron chi connectivity index (χ4n) is 1.48. The van der Waals surface area contributed by atoms with Crippen molar-refractivity contribution in [3.05, 3.63) is 23.8 Å². The Morgan fingerprint density at radius 1 is 1.25 bits per heavy atom. The van der Waals surface area contributed by atoms with Crippen LogP contribution in [0.25, 0.3) is 0 Å². The smallest absolute Gasteiger partial charge is 0.338 e. The van der Waals surface area contributed by atoms with Gasteiger partial charge in [-0.05, 0) is 32.0 Å². The van der Waals surface area contributed by atoms with E-state index in [-0.39, 0.29) is 22.3 Å². The molecule has 112 valence electrons. The molecule has 1 rings (SSSR count). The summed E-state index contributed by atoms with van der Waals surface area (Å²) >= 11 is 0. The van der Waals surface area contributed by atoms with Crippen molar-refractivity contribution < 1.29 is 22.7 Å². The number of hydrogen-bond donors (Lipinski definition) is 0. The fourth-order valence-corrected chi connectivity index (χ4v) is 2.56. The highest BCUT2D eigenvalue weighted by Crippen LogP contribution is 2.27. The first-order valence-corrected chi connectivity index (χ1v) is 7.45. The first kappa shape index (κ1) is 16.5. The maximum atomic E-state index is 12.2. The number of hydrogen-bond acceptors (Lipinski definition) is 5. The van der Waals surface area contributed by atoms with Gasteiger partial charge in [0.2, 0.25) is 10.0 Å². The molecule has 0 heterocycles. The van der Waals surface area contributed by atoms with Crippen LogP contribution in [0.1, 0.15) is 24.2 Å². The van der Waals surface area contributed by atoms with Gasteiger partial charge in [-0.3, -0.25) is 0 Å². The Bertz CT molecular complexity index is 593. The summed E-state index contributed by atoms with van der Waals surface area (Å²) in [5, 5.41) is 0. The Kier molecular flexibility index (Phi) is 5.13.